The maximum Gasteiger partial charge on any atom is 0.227 e. The molecule has 5 heteroatoms. The van der Waals surface area contributed by atoms with Crippen molar-refractivity contribution < 1.29 is 9.53 Å². The first kappa shape index (κ1) is 15.6. The van der Waals surface area contributed by atoms with E-state index in [0.717, 1.165) is 17.8 Å². The summed E-state index contributed by atoms with van der Waals surface area (Å²) in [4.78, 5) is 13.9. The van der Waals surface area contributed by atoms with E-state index in [1.165, 1.54) is 0 Å². The molecule has 1 atom stereocenters. The smallest absolute Gasteiger partial charge is 0.227 e. The van der Waals surface area contributed by atoms with Crippen molar-refractivity contribution in [1.82, 2.24) is 4.90 Å². The van der Waals surface area contributed by atoms with Gasteiger partial charge in [-0.3, -0.25) is 4.79 Å². The molecule has 0 saturated heterocycles. The number of nitrogens with two attached hydrogens (primary N) is 1. The molecule has 0 aliphatic carbocycles. The number of methoxy groups -OCH3 is 1. The van der Waals surface area contributed by atoms with E-state index in [-0.39, 0.29) is 18.4 Å². The van der Waals surface area contributed by atoms with Gasteiger partial charge in [-0.15, -0.1) is 0 Å². The zero-order valence-electron chi connectivity index (χ0n) is 11.8. The Bertz CT molecular complexity index is 403. The number of anilines is 1. The fourth-order valence-corrected chi connectivity index (χ4v) is 1.79. The predicted molar refractivity (Wildman–Crippen MR) is 76.9 cm³/mol. The van der Waals surface area contributed by atoms with Crippen molar-refractivity contribution in [2.75, 3.05) is 33.1 Å². The lowest BCUT2D eigenvalue weighted by atomic mass is 10.2. The molecule has 1 aromatic rings. The van der Waals surface area contributed by atoms with E-state index in [1.807, 2.05) is 38.4 Å². The first-order valence-electron chi connectivity index (χ1n) is 6.31. The molecule has 1 amide bonds. The first-order chi connectivity index (χ1) is 9.05. The summed E-state index contributed by atoms with van der Waals surface area (Å²) in [5, 5.41) is 2.86. The molecule has 1 unspecified atom stereocenters. The number of carbonyl (C=O) groups is 1. The minimum absolute atomic E-state index is 0.0840. The summed E-state index contributed by atoms with van der Waals surface area (Å²) < 4.78 is 5.09. The third kappa shape index (κ3) is 5.83. The van der Waals surface area contributed by atoms with Gasteiger partial charge in [0.2, 0.25) is 5.91 Å². The van der Waals surface area contributed by atoms with Gasteiger partial charge in [0.15, 0.2) is 0 Å². The molecule has 0 spiro atoms. The minimum Gasteiger partial charge on any atom is -0.380 e. The topological polar surface area (TPSA) is 67.6 Å². The van der Waals surface area contributed by atoms with Gasteiger partial charge in [-0.05, 0) is 31.8 Å². The van der Waals surface area contributed by atoms with Crippen LogP contribution in [0.2, 0.25) is 0 Å². The second kappa shape index (κ2) is 7.89. The molecule has 0 radical (unpaired) electrons. The van der Waals surface area contributed by atoms with Gasteiger partial charge in [-0.1, -0.05) is 12.1 Å². The molecule has 19 heavy (non-hydrogen) atoms. The molecular weight excluding hydrogens is 242 g/mol. The third-order valence-electron chi connectivity index (χ3n) is 2.72. The summed E-state index contributed by atoms with van der Waals surface area (Å²) in [5.41, 5.74) is 7.45. The van der Waals surface area contributed by atoms with Gasteiger partial charge in [0.05, 0.1) is 12.5 Å². The van der Waals surface area contributed by atoms with Crippen LogP contribution < -0.4 is 11.1 Å². The highest BCUT2D eigenvalue weighted by atomic mass is 16.5. The van der Waals surface area contributed by atoms with Crippen LogP contribution in [0.15, 0.2) is 24.3 Å². The molecule has 0 heterocycles. The van der Waals surface area contributed by atoms with Gasteiger partial charge in [-0.25, -0.2) is 0 Å². The van der Waals surface area contributed by atoms with Crippen molar-refractivity contribution in [3.05, 3.63) is 29.8 Å². The summed E-state index contributed by atoms with van der Waals surface area (Å²) in [6.07, 6.45) is 0.0372. The number of nitrogens with zero attached hydrogens (tertiary/aromatic N) is 1. The van der Waals surface area contributed by atoms with E-state index >= 15 is 0 Å². The summed E-state index contributed by atoms with van der Waals surface area (Å²) in [7, 11) is 5.58. The van der Waals surface area contributed by atoms with Gasteiger partial charge >= 0.3 is 0 Å². The fraction of sp³-hybridized carbons (Fsp3) is 0.500. The minimum atomic E-state index is -0.232. The standard InChI is InChI=1S/C14H23N3O2/c1-17(2)10-11-5-4-6-12(7-11)16-14(18)8-13(9-15)19-3/h4-7,13H,8-10,15H2,1-3H3,(H,16,18). The zero-order valence-corrected chi connectivity index (χ0v) is 11.8. The van der Waals surface area contributed by atoms with Crippen LogP contribution in [0.1, 0.15) is 12.0 Å². The predicted octanol–water partition coefficient (Wildman–Crippen LogP) is 1.05. The Labute approximate surface area is 114 Å². The number of nitrogens with one attached hydrogen (secondary N) is 1. The first-order valence-corrected chi connectivity index (χ1v) is 6.31. The van der Waals surface area contributed by atoms with Crippen LogP contribution >= 0.6 is 0 Å². The Kier molecular flexibility index (Phi) is 6.49. The Hall–Kier alpha value is -1.43. The molecule has 0 aliphatic rings. The number of rotatable bonds is 7. The van der Waals surface area contributed by atoms with Crippen molar-refractivity contribution in [3.63, 3.8) is 0 Å². The van der Waals surface area contributed by atoms with Crippen molar-refractivity contribution in [3.8, 4) is 0 Å². The molecule has 0 saturated carbocycles. The van der Waals surface area contributed by atoms with Crippen molar-refractivity contribution in [2.45, 2.75) is 19.1 Å². The van der Waals surface area contributed by atoms with Crippen LogP contribution in [0.4, 0.5) is 5.69 Å². The largest absolute Gasteiger partial charge is 0.380 e. The monoisotopic (exact) mass is 265 g/mol. The average Bonchev–Trinajstić information content (AvgIpc) is 2.35. The lowest BCUT2D eigenvalue weighted by molar-refractivity contribution is -0.118. The highest BCUT2D eigenvalue weighted by Crippen LogP contribution is 2.12. The zero-order chi connectivity index (χ0) is 14.3. The molecule has 0 bridgehead atoms. The van der Waals surface area contributed by atoms with E-state index < -0.39 is 0 Å². The van der Waals surface area contributed by atoms with Crippen LogP contribution in [0, 0.1) is 0 Å². The number of amides is 1. The van der Waals surface area contributed by atoms with Crippen LogP contribution in [-0.2, 0) is 16.1 Å². The SMILES string of the molecule is COC(CN)CC(=O)Nc1cccc(CN(C)C)c1. The van der Waals surface area contributed by atoms with E-state index in [0.29, 0.717) is 6.54 Å². The highest BCUT2D eigenvalue weighted by molar-refractivity contribution is 5.91. The van der Waals surface area contributed by atoms with Crippen LogP contribution in [0.3, 0.4) is 0 Å². The van der Waals surface area contributed by atoms with E-state index in [2.05, 4.69) is 10.2 Å². The van der Waals surface area contributed by atoms with Crippen molar-refractivity contribution >= 4 is 11.6 Å². The number of hydrogen-bond acceptors (Lipinski definition) is 4. The fourth-order valence-electron chi connectivity index (χ4n) is 1.79. The molecule has 3 N–H and O–H groups in total. The Morgan fingerprint density at radius 2 is 2.21 bits per heavy atom. The van der Waals surface area contributed by atoms with Crippen LogP contribution in [-0.4, -0.2) is 44.7 Å². The molecule has 0 aliphatic heterocycles. The number of benzene rings is 1. The normalized spacial score (nSPS) is 12.5. The lowest BCUT2D eigenvalue weighted by Gasteiger charge is -2.14. The van der Waals surface area contributed by atoms with Crippen molar-refractivity contribution in [2.24, 2.45) is 5.73 Å². The maximum absolute atomic E-state index is 11.8. The quantitative estimate of drug-likeness (QED) is 0.773. The summed E-state index contributed by atoms with van der Waals surface area (Å²) in [5.74, 6) is -0.0840. The van der Waals surface area contributed by atoms with Gasteiger partial charge < -0.3 is 20.7 Å². The van der Waals surface area contributed by atoms with Gasteiger partial charge in [0.25, 0.3) is 0 Å². The van der Waals surface area contributed by atoms with E-state index in [4.69, 9.17) is 10.5 Å². The Morgan fingerprint density at radius 1 is 1.47 bits per heavy atom. The average molecular weight is 265 g/mol. The molecule has 0 aromatic heterocycles. The van der Waals surface area contributed by atoms with Crippen LogP contribution in [0.25, 0.3) is 0 Å². The second-order valence-corrected chi connectivity index (χ2v) is 4.78. The van der Waals surface area contributed by atoms with E-state index in [9.17, 15) is 4.79 Å². The number of carbonyl (C=O) groups excluding carboxylic acids is 1. The van der Waals surface area contributed by atoms with Crippen LogP contribution in [0.5, 0.6) is 0 Å². The number of ether oxygens (including phenoxy) is 1. The lowest BCUT2D eigenvalue weighted by Crippen LogP contribution is -2.28. The van der Waals surface area contributed by atoms with Crippen molar-refractivity contribution in [1.29, 1.82) is 0 Å². The summed E-state index contributed by atoms with van der Waals surface area (Å²) in [6.45, 7) is 1.18. The van der Waals surface area contributed by atoms with Gasteiger partial charge in [0.1, 0.15) is 0 Å². The van der Waals surface area contributed by atoms with Gasteiger partial charge in [-0.2, -0.15) is 0 Å². The molecule has 1 aromatic carbocycles. The molecule has 0 fully saturated rings. The molecule has 1 rings (SSSR count). The third-order valence-corrected chi connectivity index (χ3v) is 2.72. The second-order valence-electron chi connectivity index (χ2n) is 4.78. The highest BCUT2D eigenvalue weighted by Gasteiger charge is 2.11. The maximum atomic E-state index is 11.8. The molecular formula is C14H23N3O2. The summed E-state index contributed by atoms with van der Waals surface area (Å²) in [6, 6.07) is 7.82. The molecule has 5 nitrogen and oxygen atoms in total. The van der Waals surface area contributed by atoms with Gasteiger partial charge in [0, 0.05) is 25.9 Å². The Balaban J connectivity index is 2.59. The Morgan fingerprint density at radius 3 is 2.79 bits per heavy atom. The summed E-state index contributed by atoms with van der Waals surface area (Å²) >= 11 is 0. The number of hydrogen-bond donors (Lipinski definition) is 2. The van der Waals surface area contributed by atoms with E-state index in [1.54, 1.807) is 7.11 Å². The molecule has 106 valence electrons.